The van der Waals surface area contributed by atoms with Gasteiger partial charge in [0.25, 0.3) is 0 Å². The Labute approximate surface area is 108 Å². The lowest BCUT2D eigenvalue weighted by Gasteiger charge is -2.30. The smallest absolute Gasteiger partial charge is 0.227 e. The van der Waals surface area contributed by atoms with Gasteiger partial charge in [0.05, 0.1) is 5.92 Å². The van der Waals surface area contributed by atoms with E-state index < -0.39 is 0 Å². The van der Waals surface area contributed by atoms with Gasteiger partial charge < -0.3 is 15.3 Å². The van der Waals surface area contributed by atoms with Crippen LogP contribution in [0, 0.1) is 5.92 Å². The SMILES string of the molecule is O=C1CCC(C(=O)N2CCCC2CCCO)CN1. The molecule has 2 atom stereocenters. The monoisotopic (exact) mass is 254 g/mol. The summed E-state index contributed by atoms with van der Waals surface area (Å²) in [6.45, 7) is 1.51. The predicted octanol–water partition coefficient (Wildman–Crippen LogP) is 0.276. The van der Waals surface area contributed by atoms with Crippen LogP contribution >= 0.6 is 0 Å². The molecule has 0 saturated carbocycles. The fourth-order valence-electron chi connectivity index (χ4n) is 2.93. The van der Waals surface area contributed by atoms with Crippen LogP contribution in [-0.2, 0) is 9.59 Å². The lowest BCUT2D eigenvalue weighted by Crippen LogP contribution is -2.46. The number of carbonyl (C=O) groups is 2. The molecule has 0 radical (unpaired) electrons. The largest absolute Gasteiger partial charge is 0.396 e. The minimum Gasteiger partial charge on any atom is -0.396 e. The molecule has 0 aliphatic carbocycles. The predicted molar refractivity (Wildman–Crippen MR) is 66.8 cm³/mol. The molecule has 0 aromatic rings. The molecule has 0 spiro atoms. The first-order valence-electron chi connectivity index (χ1n) is 6.90. The number of hydrogen-bond acceptors (Lipinski definition) is 3. The Morgan fingerprint density at radius 3 is 2.94 bits per heavy atom. The third kappa shape index (κ3) is 3.02. The number of nitrogens with zero attached hydrogens (tertiary/aromatic N) is 1. The molecule has 0 aromatic carbocycles. The van der Waals surface area contributed by atoms with Crippen molar-refractivity contribution in [1.29, 1.82) is 0 Å². The minimum absolute atomic E-state index is 0.0440. The molecular weight excluding hydrogens is 232 g/mol. The summed E-state index contributed by atoms with van der Waals surface area (Å²) in [5.74, 6) is 0.199. The molecule has 2 aliphatic rings. The maximum Gasteiger partial charge on any atom is 0.227 e. The first-order chi connectivity index (χ1) is 8.72. The number of likely N-dealkylation sites (tertiary alicyclic amines) is 1. The second-order valence-corrected chi connectivity index (χ2v) is 5.23. The summed E-state index contributed by atoms with van der Waals surface area (Å²) in [5.41, 5.74) is 0. The van der Waals surface area contributed by atoms with Gasteiger partial charge in [-0.25, -0.2) is 0 Å². The average Bonchev–Trinajstić information content (AvgIpc) is 2.84. The summed E-state index contributed by atoms with van der Waals surface area (Å²) in [5, 5.41) is 11.6. The Hall–Kier alpha value is -1.10. The van der Waals surface area contributed by atoms with Crippen LogP contribution < -0.4 is 5.32 Å². The van der Waals surface area contributed by atoms with E-state index in [0.717, 1.165) is 32.2 Å². The van der Waals surface area contributed by atoms with E-state index in [0.29, 0.717) is 25.4 Å². The van der Waals surface area contributed by atoms with Gasteiger partial charge in [0.1, 0.15) is 0 Å². The summed E-state index contributed by atoms with van der Waals surface area (Å²) in [6.07, 6.45) is 4.89. The fraction of sp³-hybridized carbons (Fsp3) is 0.846. The number of nitrogens with one attached hydrogen (secondary N) is 1. The van der Waals surface area contributed by atoms with Crippen molar-refractivity contribution in [2.45, 2.75) is 44.6 Å². The first kappa shape index (κ1) is 13.3. The molecule has 2 amide bonds. The van der Waals surface area contributed by atoms with Crippen LogP contribution in [-0.4, -0.2) is 47.6 Å². The summed E-state index contributed by atoms with van der Waals surface area (Å²) in [7, 11) is 0. The van der Waals surface area contributed by atoms with Crippen molar-refractivity contribution in [3.05, 3.63) is 0 Å². The molecular formula is C13H22N2O3. The summed E-state index contributed by atoms with van der Waals surface area (Å²) < 4.78 is 0. The normalized spacial score (nSPS) is 28.3. The zero-order valence-corrected chi connectivity index (χ0v) is 10.7. The highest BCUT2D eigenvalue weighted by atomic mass is 16.3. The molecule has 2 N–H and O–H groups in total. The zero-order chi connectivity index (χ0) is 13.0. The van der Waals surface area contributed by atoms with E-state index in [1.54, 1.807) is 0 Å². The Morgan fingerprint density at radius 2 is 2.28 bits per heavy atom. The molecule has 2 saturated heterocycles. The minimum atomic E-state index is -0.0440. The molecule has 102 valence electrons. The van der Waals surface area contributed by atoms with Gasteiger partial charge in [0.2, 0.25) is 11.8 Å². The number of carbonyl (C=O) groups excluding carboxylic acids is 2. The number of aliphatic hydroxyl groups is 1. The average molecular weight is 254 g/mol. The Bertz CT molecular complexity index is 309. The number of amides is 2. The molecule has 5 nitrogen and oxygen atoms in total. The number of rotatable bonds is 4. The topological polar surface area (TPSA) is 69.6 Å². The van der Waals surface area contributed by atoms with Gasteiger partial charge in [-0.3, -0.25) is 9.59 Å². The molecule has 2 unspecified atom stereocenters. The first-order valence-corrected chi connectivity index (χ1v) is 6.90. The van der Waals surface area contributed by atoms with Crippen molar-refractivity contribution < 1.29 is 14.7 Å². The van der Waals surface area contributed by atoms with E-state index in [1.807, 2.05) is 4.90 Å². The molecule has 0 aromatic heterocycles. The van der Waals surface area contributed by atoms with Crippen LogP contribution in [0.1, 0.15) is 38.5 Å². The van der Waals surface area contributed by atoms with Gasteiger partial charge in [-0.05, 0) is 32.1 Å². The molecule has 2 rings (SSSR count). The van der Waals surface area contributed by atoms with Crippen molar-refractivity contribution >= 4 is 11.8 Å². The highest BCUT2D eigenvalue weighted by molar-refractivity contribution is 5.84. The van der Waals surface area contributed by atoms with Gasteiger partial charge in [0.15, 0.2) is 0 Å². The summed E-state index contributed by atoms with van der Waals surface area (Å²) >= 11 is 0. The van der Waals surface area contributed by atoms with Gasteiger partial charge >= 0.3 is 0 Å². The van der Waals surface area contributed by atoms with E-state index >= 15 is 0 Å². The molecule has 5 heteroatoms. The Morgan fingerprint density at radius 1 is 1.44 bits per heavy atom. The lowest BCUT2D eigenvalue weighted by atomic mass is 9.97. The van der Waals surface area contributed by atoms with E-state index in [-0.39, 0.29) is 24.3 Å². The Kier molecular flexibility index (Phi) is 4.58. The highest BCUT2D eigenvalue weighted by Crippen LogP contribution is 2.25. The van der Waals surface area contributed by atoms with Crippen LogP contribution in [0.25, 0.3) is 0 Å². The molecule has 2 fully saturated rings. The summed E-state index contributed by atoms with van der Waals surface area (Å²) in [6, 6.07) is 0.294. The fourth-order valence-corrected chi connectivity index (χ4v) is 2.93. The lowest BCUT2D eigenvalue weighted by molar-refractivity contribution is -0.138. The molecule has 2 aliphatic heterocycles. The second-order valence-electron chi connectivity index (χ2n) is 5.23. The number of piperidine rings is 1. The highest BCUT2D eigenvalue weighted by Gasteiger charge is 2.34. The van der Waals surface area contributed by atoms with Gasteiger partial charge in [-0.1, -0.05) is 0 Å². The quantitative estimate of drug-likeness (QED) is 0.757. The Balaban J connectivity index is 1.89. The van der Waals surface area contributed by atoms with E-state index in [4.69, 9.17) is 5.11 Å². The molecule has 0 bridgehead atoms. The van der Waals surface area contributed by atoms with Gasteiger partial charge in [-0.2, -0.15) is 0 Å². The molecule has 2 heterocycles. The number of aliphatic hydroxyl groups excluding tert-OH is 1. The van der Waals surface area contributed by atoms with Crippen LogP contribution in [0.15, 0.2) is 0 Å². The van der Waals surface area contributed by atoms with Crippen LogP contribution in [0.3, 0.4) is 0 Å². The van der Waals surface area contributed by atoms with Gasteiger partial charge in [-0.15, -0.1) is 0 Å². The second kappa shape index (κ2) is 6.18. The van der Waals surface area contributed by atoms with E-state index in [2.05, 4.69) is 5.32 Å². The van der Waals surface area contributed by atoms with Crippen molar-refractivity contribution in [2.75, 3.05) is 19.7 Å². The van der Waals surface area contributed by atoms with Gasteiger partial charge in [0, 0.05) is 32.2 Å². The maximum atomic E-state index is 12.4. The van der Waals surface area contributed by atoms with Crippen molar-refractivity contribution in [1.82, 2.24) is 10.2 Å². The van der Waals surface area contributed by atoms with E-state index in [1.165, 1.54) is 0 Å². The summed E-state index contributed by atoms with van der Waals surface area (Å²) in [4.78, 5) is 25.5. The van der Waals surface area contributed by atoms with Crippen LogP contribution in [0.2, 0.25) is 0 Å². The van der Waals surface area contributed by atoms with Crippen molar-refractivity contribution in [3.63, 3.8) is 0 Å². The third-order valence-electron chi connectivity index (χ3n) is 3.97. The van der Waals surface area contributed by atoms with Crippen molar-refractivity contribution in [2.24, 2.45) is 5.92 Å². The van der Waals surface area contributed by atoms with Crippen LogP contribution in [0.4, 0.5) is 0 Å². The standard InChI is InChI=1S/C13H22N2O3/c16-8-2-4-11-3-1-7-15(11)13(18)10-5-6-12(17)14-9-10/h10-11,16H,1-9H2,(H,14,17). The molecule has 18 heavy (non-hydrogen) atoms. The van der Waals surface area contributed by atoms with Crippen LogP contribution in [0.5, 0.6) is 0 Å². The number of hydrogen-bond donors (Lipinski definition) is 2. The zero-order valence-electron chi connectivity index (χ0n) is 10.7. The van der Waals surface area contributed by atoms with E-state index in [9.17, 15) is 9.59 Å². The third-order valence-corrected chi connectivity index (χ3v) is 3.97. The maximum absolute atomic E-state index is 12.4. The van der Waals surface area contributed by atoms with Crippen molar-refractivity contribution in [3.8, 4) is 0 Å².